The molecule has 0 spiro atoms. The van der Waals surface area contributed by atoms with Crippen LogP contribution in [-0.4, -0.2) is 43.4 Å². The van der Waals surface area contributed by atoms with Gasteiger partial charge in [-0.2, -0.15) is 0 Å². The van der Waals surface area contributed by atoms with Gasteiger partial charge in [-0.1, -0.05) is 13.8 Å². The lowest BCUT2D eigenvalue weighted by molar-refractivity contribution is -0.139. The van der Waals surface area contributed by atoms with Crippen molar-refractivity contribution in [1.82, 2.24) is 10.6 Å². The van der Waals surface area contributed by atoms with Gasteiger partial charge in [0.25, 0.3) is 0 Å². The van der Waals surface area contributed by atoms with E-state index in [1.807, 2.05) is 0 Å². The van der Waals surface area contributed by atoms with Crippen molar-refractivity contribution < 1.29 is 19.4 Å². The van der Waals surface area contributed by atoms with E-state index >= 15 is 0 Å². The second-order valence-corrected chi connectivity index (χ2v) is 5.52. The van der Waals surface area contributed by atoms with Crippen LogP contribution in [0.4, 0.5) is 4.79 Å². The third-order valence-electron chi connectivity index (χ3n) is 3.93. The first-order valence-electron chi connectivity index (χ1n) is 6.67. The number of rotatable bonds is 8. The summed E-state index contributed by atoms with van der Waals surface area (Å²) in [6.07, 6.45) is 2.50. The van der Waals surface area contributed by atoms with Crippen molar-refractivity contribution in [3.63, 3.8) is 0 Å². The quantitative estimate of drug-likeness (QED) is 0.620. The number of carbonyl (C=O) groups is 2. The summed E-state index contributed by atoms with van der Waals surface area (Å²) in [5.41, 5.74) is 0.211. The van der Waals surface area contributed by atoms with Crippen LogP contribution in [-0.2, 0) is 9.53 Å². The first kappa shape index (κ1) is 15.8. The second kappa shape index (κ2) is 6.75. The molecule has 1 rings (SSSR count). The molecule has 0 aromatic rings. The molecule has 0 radical (unpaired) electrons. The van der Waals surface area contributed by atoms with Gasteiger partial charge < -0.3 is 20.5 Å². The Kier molecular flexibility index (Phi) is 5.60. The molecule has 3 N–H and O–H groups in total. The monoisotopic (exact) mass is 272 g/mol. The molecule has 6 nitrogen and oxygen atoms in total. The molecule has 0 aliphatic heterocycles. The van der Waals surface area contributed by atoms with Gasteiger partial charge in [-0.05, 0) is 24.2 Å². The van der Waals surface area contributed by atoms with Gasteiger partial charge in [-0.15, -0.1) is 0 Å². The molecule has 1 aliphatic rings. The van der Waals surface area contributed by atoms with Gasteiger partial charge in [-0.3, -0.25) is 0 Å². The van der Waals surface area contributed by atoms with E-state index in [0.29, 0.717) is 19.1 Å². The topological polar surface area (TPSA) is 87.7 Å². The molecule has 19 heavy (non-hydrogen) atoms. The summed E-state index contributed by atoms with van der Waals surface area (Å²) in [5.74, 6) is -0.520. The summed E-state index contributed by atoms with van der Waals surface area (Å²) in [5, 5.41) is 14.2. The number of carboxylic acids is 1. The van der Waals surface area contributed by atoms with Crippen LogP contribution in [0.5, 0.6) is 0 Å². The number of amides is 2. The van der Waals surface area contributed by atoms with Crippen molar-refractivity contribution >= 4 is 12.0 Å². The van der Waals surface area contributed by atoms with Gasteiger partial charge >= 0.3 is 12.0 Å². The minimum absolute atomic E-state index is 0.211. The first-order valence-corrected chi connectivity index (χ1v) is 6.67. The fraction of sp³-hybridized carbons (Fsp3) is 0.846. The standard InChI is InChI=1S/C13H24N2O4/c1-9(2)13(5-6-13)8-14-12(18)15-10(11(16)17)4-7-19-3/h9-10H,4-8H2,1-3H3,(H,16,17)(H2,14,15,18). The molecule has 0 aromatic heterocycles. The summed E-state index contributed by atoms with van der Waals surface area (Å²) in [7, 11) is 1.50. The molecule has 1 aliphatic carbocycles. The fourth-order valence-corrected chi connectivity index (χ4v) is 2.08. The Bertz CT molecular complexity index is 327. The van der Waals surface area contributed by atoms with Crippen LogP contribution in [0.15, 0.2) is 0 Å². The largest absolute Gasteiger partial charge is 0.480 e. The van der Waals surface area contributed by atoms with Crippen LogP contribution < -0.4 is 10.6 Å². The Labute approximate surface area is 113 Å². The molecule has 0 heterocycles. The Morgan fingerprint density at radius 2 is 2.00 bits per heavy atom. The maximum Gasteiger partial charge on any atom is 0.326 e. The van der Waals surface area contributed by atoms with Gasteiger partial charge in [-0.25, -0.2) is 9.59 Å². The van der Waals surface area contributed by atoms with Gasteiger partial charge in [0.2, 0.25) is 0 Å². The van der Waals surface area contributed by atoms with Gasteiger partial charge in [0, 0.05) is 26.7 Å². The third-order valence-corrected chi connectivity index (χ3v) is 3.93. The summed E-state index contributed by atoms with van der Waals surface area (Å²) < 4.78 is 4.82. The molecule has 6 heteroatoms. The number of nitrogens with one attached hydrogen (secondary N) is 2. The number of carbonyl (C=O) groups excluding carboxylic acids is 1. The predicted octanol–water partition coefficient (Wildman–Crippen LogP) is 1.21. The molecule has 1 fully saturated rings. The third kappa shape index (κ3) is 4.70. The van der Waals surface area contributed by atoms with Crippen LogP contribution in [0.3, 0.4) is 0 Å². The predicted molar refractivity (Wildman–Crippen MR) is 71.0 cm³/mol. The molecule has 0 aromatic carbocycles. The van der Waals surface area contributed by atoms with Crippen molar-refractivity contribution in [1.29, 1.82) is 0 Å². The van der Waals surface area contributed by atoms with E-state index in [9.17, 15) is 9.59 Å². The van der Waals surface area contributed by atoms with Crippen LogP contribution in [0, 0.1) is 11.3 Å². The van der Waals surface area contributed by atoms with Crippen LogP contribution in [0.1, 0.15) is 33.1 Å². The van der Waals surface area contributed by atoms with E-state index in [2.05, 4.69) is 24.5 Å². The highest BCUT2D eigenvalue weighted by Gasteiger charge is 2.45. The van der Waals surface area contributed by atoms with E-state index in [4.69, 9.17) is 9.84 Å². The maximum atomic E-state index is 11.7. The van der Waals surface area contributed by atoms with Crippen molar-refractivity contribution in [3.05, 3.63) is 0 Å². The lowest BCUT2D eigenvalue weighted by Crippen LogP contribution is -2.48. The summed E-state index contributed by atoms with van der Waals surface area (Å²) in [4.78, 5) is 22.7. The molecular formula is C13H24N2O4. The fourth-order valence-electron chi connectivity index (χ4n) is 2.08. The molecule has 1 saturated carbocycles. The number of hydrogen-bond acceptors (Lipinski definition) is 3. The number of hydrogen-bond donors (Lipinski definition) is 3. The van der Waals surface area contributed by atoms with Crippen molar-refractivity contribution in [3.8, 4) is 0 Å². The van der Waals surface area contributed by atoms with E-state index in [0.717, 1.165) is 12.8 Å². The van der Waals surface area contributed by atoms with E-state index < -0.39 is 18.0 Å². The van der Waals surface area contributed by atoms with Gasteiger partial charge in [0.1, 0.15) is 6.04 Å². The molecule has 2 amide bonds. The van der Waals surface area contributed by atoms with Crippen molar-refractivity contribution in [2.75, 3.05) is 20.3 Å². The first-order chi connectivity index (χ1) is 8.91. The van der Waals surface area contributed by atoms with Crippen LogP contribution in [0.2, 0.25) is 0 Å². The molecule has 1 atom stereocenters. The Hall–Kier alpha value is -1.30. The van der Waals surface area contributed by atoms with E-state index in [1.54, 1.807) is 0 Å². The smallest absolute Gasteiger partial charge is 0.326 e. The Morgan fingerprint density at radius 1 is 1.37 bits per heavy atom. The molecule has 0 bridgehead atoms. The van der Waals surface area contributed by atoms with Gasteiger partial charge in [0.15, 0.2) is 0 Å². The zero-order valence-corrected chi connectivity index (χ0v) is 11.9. The summed E-state index contributed by atoms with van der Waals surface area (Å²) in [6.45, 7) is 5.19. The van der Waals surface area contributed by atoms with Crippen LogP contribution >= 0.6 is 0 Å². The van der Waals surface area contributed by atoms with Crippen molar-refractivity contribution in [2.45, 2.75) is 39.2 Å². The van der Waals surface area contributed by atoms with Crippen LogP contribution in [0.25, 0.3) is 0 Å². The molecule has 110 valence electrons. The highest BCUT2D eigenvalue weighted by atomic mass is 16.5. The highest BCUT2D eigenvalue weighted by molar-refractivity contribution is 5.82. The second-order valence-electron chi connectivity index (χ2n) is 5.52. The SMILES string of the molecule is COCCC(NC(=O)NCC1(C(C)C)CC1)C(=O)O. The minimum atomic E-state index is -1.04. The highest BCUT2D eigenvalue weighted by Crippen LogP contribution is 2.51. The summed E-state index contributed by atoms with van der Waals surface area (Å²) >= 11 is 0. The van der Waals surface area contributed by atoms with Gasteiger partial charge in [0.05, 0.1) is 0 Å². The number of methoxy groups -OCH3 is 1. The number of urea groups is 1. The maximum absolute atomic E-state index is 11.7. The Balaban J connectivity index is 2.34. The molecule has 0 saturated heterocycles. The minimum Gasteiger partial charge on any atom is -0.480 e. The summed E-state index contributed by atoms with van der Waals surface area (Å²) in [6, 6.07) is -1.33. The van der Waals surface area contributed by atoms with Crippen molar-refractivity contribution in [2.24, 2.45) is 11.3 Å². The lowest BCUT2D eigenvalue weighted by atomic mass is 9.92. The lowest BCUT2D eigenvalue weighted by Gasteiger charge is -2.21. The zero-order valence-electron chi connectivity index (χ0n) is 11.9. The van der Waals surface area contributed by atoms with E-state index in [1.165, 1.54) is 7.11 Å². The number of carboxylic acid groups (broad SMARTS) is 1. The average Bonchev–Trinajstić information content (AvgIpc) is 3.12. The number of aliphatic carboxylic acids is 1. The zero-order chi connectivity index (χ0) is 14.5. The normalized spacial score (nSPS) is 17.9. The Morgan fingerprint density at radius 3 is 2.42 bits per heavy atom. The average molecular weight is 272 g/mol. The van der Waals surface area contributed by atoms with E-state index in [-0.39, 0.29) is 11.8 Å². The number of ether oxygens (including phenoxy) is 1. The molecule has 1 unspecified atom stereocenters. The molecular weight excluding hydrogens is 248 g/mol.